The van der Waals surface area contributed by atoms with E-state index < -0.39 is 0 Å². The first kappa shape index (κ1) is 18.7. The SMILES string of the molecule is O=C(COc1ccc2c(c1)CCC2)Nc1ccccc1C(=O)Nc1ccccc1. The molecule has 3 aromatic carbocycles. The highest BCUT2D eigenvalue weighted by molar-refractivity contribution is 6.10. The van der Waals surface area contributed by atoms with Crippen LogP contribution in [0.15, 0.2) is 72.8 Å². The molecular weight excluding hydrogens is 364 g/mol. The first-order valence-electron chi connectivity index (χ1n) is 9.69. The van der Waals surface area contributed by atoms with Gasteiger partial charge in [0, 0.05) is 5.69 Å². The number of amides is 2. The minimum absolute atomic E-state index is 0.118. The molecule has 0 saturated heterocycles. The fraction of sp³-hybridized carbons (Fsp3) is 0.167. The summed E-state index contributed by atoms with van der Waals surface area (Å²) in [6.45, 7) is -0.118. The van der Waals surface area contributed by atoms with Crippen LogP contribution in [0.5, 0.6) is 5.75 Å². The third-order valence-electron chi connectivity index (χ3n) is 4.92. The number of hydrogen-bond acceptors (Lipinski definition) is 3. The van der Waals surface area contributed by atoms with Crippen LogP contribution in [0.25, 0.3) is 0 Å². The van der Waals surface area contributed by atoms with Gasteiger partial charge in [0.05, 0.1) is 11.3 Å². The molecule has 5 nitrogen and oxygen atoms in total. The molecule has 0 atom stereocenters. The maximum Gasteiger partial charge on any atom is 0.262 e. The molecular formula is C24H22N2O3. The van der Waals surface area contributed by atoms with Crippen molar-refractivity contribution in [2.24, 2.45) is 0 Å². The number of benzene rings is 3. The number of hydrogen-bond donors (Lipinski definition) is 2. The minimum Gasteiger partial charge on any atom is -0.484 e. The molecule has 0 radical (unpaired) electrons. The maximum atomic E-state index is 12.6. The van der Waals surface area contributed by atoms with Gasteiger partial charge in [-0.2, -0.15) is 0 Å². The van der Waals surface area contributed by atoms with Gasteiger partial charge in [0.25, 0.3) is 11.8 Å². The molecule has 0 bridgehead atoms. The fourth-order valence-corrected chi connectivity index (χ4v) is 3.48. The summed E-state index contributed by atoms with van der Waals surface area (Å²) in [4.78, 5) is 25.0. The smallest absolute Gasteiger partial charge is 0.262 e. The Morgan fingerprint density at radius 2 is 1.59 bits per heavy atom. The summed E-state index contributed by atoms with van der Waals surface area (Å²) >= 11 is 0. The molecule has 2 amide bonds. The van der Waals surface area contributed by atoms with Gasteiger partial charge in [0.15, 0.2) is 6.61 Å². The third-order valence-corrected chi connectivity index (χ3v) is 4.92. The van der Waals surface area contributed by atoms with E-state index in [0.29, 0.717) is 22.7 Å². The highest BCUT2D eigenvalue weighted by Gasteiger charge is 2.15. The Bertz CT molecular complexity index is 1030. The standard InChI is InChI=1S/C24H22N2O3/c27-23(16-29-20-14-13-17-7-6-8-18(17)15-20)26-22-12-5-4-11-21(22)24(28)25-19-9-2-1-3-10-19/h1-5,9-15H,6-8,16H2,(H,25,28)(H,26,27). The molecule has 1 aliphatic carbocycles. The Balaban J connectivity index is 1.39. The van der Waals surface area contributed by atoms with Crippen molar-refractivity contribution in [2.75, 3.05) is 17.2 Å². The lowest BCUT2D eigenvalue weighted by Crippen LogP contribution is -2.22. The summed E-state index contributed by atoms with van der Waals surface area (Å²) in [5.41, 5.74) is 4.19. The minimum atomic E-state index is -0.314. The van der Waals surface area contributed by atoms with Gasteiger partial charge in [-0.25, -0.2) is 0 Å². The molecule has 29 heavy (non-hydrogen) atoms. The van der Waals surface area contributed by atoms with Gasteiger partial charge < -0.3 is 15.4 Å². The number of para-hydroxylation sites is 2. The van der Waals surface area contributed by atoms with Crippen molar-refractivity contribution in [1.82, 2.24) is 0 Å². The third kappa shape index (κ3) is 4.63. The molecule has 0 aliphatic heterocycles. The van der Waals surface area contributed by atoms with Crippen LogP contribution in [0.2, 0.25) is 0 Å². The lowest BCUT2D eigenvalue weighted by molar-refractivity contribution is -0.118. The zero-order valence-corrected chi connectivity index (χ0v) is 16.0. The van der Waals surface area contributed by atoms with Gasteiger partial charge >= 0.3 is 0 Å². The van der Waals surface area contributed by atoms with Crippen LogP contribution < -0.4 is 15.4 Å². The highest BCUT2D eigenvalue weighted by atomic mass is 16.5. The van der Waals surface area contributed by atoms with E-state index in [-0.39, 0.29) is 18.4 Å². The molecule has 5 heteroatoms. The number of rotatable bonds is 6. The van der Waals surface area contributed by atoms with E-state index in [4.69, 9.17) is 4.74 Å². The topological polar surface area (TPSA) is 67.4 Å². The van der Waals surface area contributed by atoms with Crippen molar-refractivity contribution in [3.8, 4) is 5.75 Å². The molecule has 2 N–H and O–H groups in total. The quantitative estimate of drug-likeness (QED) is 0.658. The van der Waals surface area contributed by atoms with Crippen molar-refractivity contribution >= 4 is 23.2 Å². The van der Waals surface area contributed by atoms with Gasteiger partial charge in [0.1, 0.15) is 5.75 Å². The van der Waals surface area contributed by atoms with Crippen LogP contribution in [-0.2, 0) is 17.6 Å². The number of carbonyl (C=O) groups is 2. The zero-order valence-electron chi connectivity index (χ0n) is 16.0. The Hall–Kier alpha value is -3.60. The second-order valence-electron chi connectivity index (χ2n) is 6.99. The lowest BCUT2D eigenvalue weighted by Gasteiger charge is -2.12. The molecule has 0 aromatic heterocycles. The predicted octanol–water partition coefficient (Wildman–Crippen LogP) is 4.45. The summed E-state index contributed by atoms with van der Waals surface area (Å²) in [6, 6.07) is 22.1. The monoisotopic (exact) mass is 386 g/mol. The summed E-state index contributed by atoms with van der Waals surface area (Å²) in [5, 5.41) is 5.61. The number of ether oxygens (including phenoxy) is 1. The van der Waals surface area contributed by atoms with Crippen LogP contribution in [0.3, 0.4) is 0 Å². The van der Waals surface area contributed by atoms with Gasteiger partial charge in [-0.1, -0.05) is 36.4 Å². The Morgan fingerprint density at radius 3 is 2.45 bits per heavy atom. The van der Waals surface area contributed by atoms with E-state index in [1.165, 1.54) is 17.5 Å². The van der Waals surface area contributed by atoms with E-state index in [0.717, 1.165) is 12.8 Å². The van der Waals surface area contributed by atoms with E-state index >= 15 is 0 Å². The van der Waals surface area contributed by atoms with Gasteiger partial charge in [-0.15, -0.1) is 0 Å². The number of anilines is 2. The maximum absolute atomic E-state index is 12.6. The van der Waals surface area contributed by atoms with E-state index in [2.05, 4.69) is 16.7 Å². The summed E-state index contributed by atoms with van der Waals surface area (Å²) < 4.78 is 5.65. The Labute approximate surface area is 169 Å². The molecule has 0 unspecified atom stereocenters. The Morgan fingerprint density at radius 1 is 0.828 bits per heavy atom. The van der Waals surface area contributed by atoms with E-state index in [9.17, 15) is 9.59 Å². The summed E-state index contributed by atoms with van der Waals surface area (Å²) in [5.74, 6) is 0.0907. The molecule has 146 valence electrons. The van der Waals surface area contributed by atoms with Crippen molar-refractivity contribution in [2.45, 2.75) is 19.3 Å². The molecule has 0 heterocycles. The fourth-order valence-electron chi connectivity index (χ4n) is 3.48. The zero-order chi connectivity index (χ0) is 20.1. The molecule has 0 saturated carbocycles. The van der Waals surface area contributed by atoms with Crippen molar-refractivity contribution < 1.29 is 14.3 Å². The molecule has 3 aromatic rings. The summed E-state index contributed by atoms with van der Waals surface area (Å²) in [7, 11) is 0. The van der Waals surface area contributed by atoms with Gasteiger partial charge in [-0.05, 0) is 66.8 Å². The second-order valence-corrected chi connectivity index (χ2v) is 6.99. The van der Waals surface area contributed by atoms with Crippen LogP contribution >= 0.6 is 0 Å². The average molecular weight is 386 g/mol. The molecule has 4 rings (SSSR count). The normalized spacial score (nSPS) is 12.1. The van der Waals surface area contributed by atoms with Crippen LogP contribution in [0, 0.1) is 0 Å². The second kappa shape index (κ2) is 8.61. The molecule has 0 spiro atoms. The van der Waals surface area contributed by atoms with Crippen LogP contribution in [-0.4, -0.2) is 18.4 Å². The van der Waals surface area contributed by atoms with Crippen LogP contribution in [0.4, 0.5) is 11.4 Å². The number of carbonyl (C=O) groups excluding carboxylic acids is 2. The molecule has 0 fully saturated rings. The van der Waals surface area contributed by atoms with Gasteiger partial charge in [0.2, 0.25) is 0 Å². The van der Waals surface area contributed by atoms with E-state index in [1.807, 2.05) is 42.5 Å². The molecule has 1 aliphatic rings. The van der Waals surface area contributed by atoms with Crippen LogP contribution in [0.1, 0.15) is 27.9 Å². The highest BCUT2D eigenvalue weighted by Crippen LogP contribution is 2.26. The average Bonchev–Trinajstić information content (AvgIpc) is 3.21. The number of nitrogens with one attached hydrogen (secondary N) is 2. The van der Waals surface area contributed by atoms with Crippen molar-refractivity contribution in [3.63, 3.8) is 0 Å². The Kier molecular flexibility index (Phi) is 5.56. The number of fused-ring (bicyclic) bond motifs is 1. The van der Waals surface area contributed by atoms with Gasteiger partial charge in [-0.3, -0.25) is 9.59 Å². The largest absolute Gasteiger partial charge is 0.484 e. The van der Waals surface area contributed by atoms with E-state index in [1.54, 1.807) is 24.3 Å². The lowest BCUT2D eigenvalue weighted by atomic mass is 10.1. The number of aryl methyl sites for hydroxylation is 2. The summed E-state index contributed by atoms with van der Waals surface area (Å²) in [6.07, 6.45) is 3.33. The predicted molar refractivity (Wildman–Crippen MR) is 113 cm³/mol. The first-order valence-corrected chi connectivity index (χ1v) is 9.69. The van der Waals surface area contributed by atoms with Crippen molar-refractivity contribution in [1.29, 1.82) is 0 Å². The van der Waals surface area contributed by atoms with Crippen molar-refractivity contribution in [3.05, 3.63) is 89.5 Å². The first-order chi connectivity index (χ1) is 14.2.